The summed E-state index contributed by atoms with van der Waals surface area (Å²) in [5.41, 5.74) is 1.17. The molecular weight excluding hydrogens is 588 g/mol. The first-order valence-electron chi connectivity index (χ1n) is 12.0. The Hall–Kier alpha value is -2.64. The van der Waals surface area contributed by atoms with Gasteiger partial charge >= 0.3 is 7.60 Å². The van der Waals surface area contributed by atoms with Crippen LogP contribution in [0.3, 0.4) is 0 Å². The Bertz CT molecular complexity index is 1660. The van der Waals surface area contributed by atoms with Crippen molar-refractivity contribution >= 4 is 60.0 Å². The number of halogens is 1. The van der Waals surface area contributed by atoms with Crippen molar-refractivity contribution in [2.24, 2.45) is 0 Å². The molecule has 14 nitrogen and oxygen atoms in total. The summed E-state index contributed by atoms with van der Waals surface area (Å²) in [4.78, 5) is 40.8. The predicted octanol–water partition coefficient (Wildman–Crippen LogP) is 2.80. The molecule has 2 unspecified atom stereocenters. The molecule has 1 aliphatic rings. The maximum absolute atomic E-state index is 12.2. The predicted molar refractivity (Wildman–Crippen MR) is 146 cm³/mol. The zero-order chi connectivity index (χ0) is 28.8. The number of rotatable bonds is 9. The number of imidazole rings is 1. The Balaban J connectivity index is 1.39. The lowest BCUT2D eigenvalue weighted by Crippen LogP contribution is -2.32. The fraction of sp³-hybridized carbons (Fsp3) is 0.348. The lowest BCUT2D eigenvalue weighted by Gasteiger charge is -2.18. The second kappa shape index (κ2) is 11.0. The summed E-state index contributed by atoms with van der Waals surface area (Å²) in [5, 5.41) is 26.1. The van der Waals surface area contributed by atoms with Gasteiger partial charge in [-0.15, -0.1) is 0 Å². The Morgan fingerprint density at radius 3 is 2.62 bits per heavy atom. The number of aliphatic hydroxyl groups excluding tert-OH is 2. The van der Waals surface area contributed by atoms with Crippen molar-refractivity contribution in [2.75, 3.05) is 24.5 Å². The number of benzene rings is 2. The third-order valence-electron chi connectivity index (χ3n) is 6.50. The van der Waals surface area contributed by atoms with Crippen LogP contribution in [0.5, 0.6) is 5.75 Å². The fourth-order valence-electron chi connectivity index (χ4n) is 4.69. The van der Waals surface area contributed by atoms with Crippen molar-refractivity contribution in [1.29, 1.82) is 0 Å². The lowest BCUT2D eigenvalue weighted by atomic mass is 10.1. The molecular formula is C23H26ClN5O9P2. The molecule has 40 heavy (non-hydrogen) atoms. The molecule has 0 amide bonds. The second-order valence-corrected chi connectivity index (χ2v) is 14.3. The molecule has 0 aliphatic carbocycles. The van der Waals surface area contributed by atoms with Gasteiger partial charge < -0.3 is 39.7 Å². The third kappa shape index (κ3) is 6.01. The molecule has 4 aromatic rings. The standard InChI is InChI=1S/C23H26ClN5O9P2/c1-37-15-4-2-3-12-9-13(5-6-14(12)15)26-20-17-21(28-23(24)27-20)29(10-25-17)22-19(31)18(30)16(38-22)7-8-39(32,33)11-40(34,35)36/h2-6,9-10,16,18-19,22,30-31H,7-8,11H2,1H3,(H,32,33)(H,26,27,28)(H2,34,35,36)/t16-,18+,19?,22-/m1/s1. The van der Waals surface area contributed by atoms with Gasteiger partial charge in [-0.3, -0.25) is 13.7 Å². The Labute approximate surface area is 232 Å². The molecule has 5 atom stereocenters. The zero-order valence-electron chi connectivity index (χ0n) is 20.9. The van der Waals surface area contributed by atoms with E-state index in [9.17, 15) is 24.2 Å². The van der Waals surface area contributed by atoms with Gasteiger partial charge in [0, 0.05) is 17.2 Å². The molecule has 0 spiro atoms. The highest BCUT2D eigenvalue weighted by molar-refractivity contribution is 7.72. The summed E-state index contributed by atoms with van der Waals surface area (Å²) in [5.74, 6) is -0.176. The van der Waals surface area contributed by atoms with Crippen molar-refractivity contribution in [2.45, 2.75) is 31.0 Å². The number of nitrogens with one attached hydrogen (secondary N) is 1. The van der Waals surface area contributed by atoms with Crippen LogP contribution in [0.4, 0.5) is 11.5 Å². The largest absolute Gasteiger partial charge is 0.496 e. The summed E-state index contributed by atoms with van der Waals surface area (Å²) >= 11 is 6.21. The van der Waals surface area contributed by atoms with Crippen molar-refractivity contribution in [3.63, 3.8) is 0 Å². The molecule has 2 aromatic heterocycles. The lowest BCUT2D eigenvalue weighted by molar-refractivity contribution is -0.0354. The van der Waals surface area contributed by atoms with E-state index in [-0.39, 0.29) is 23.2 Å². The molecule has 0 saturated carbocycles. The number of hydrogen-bond acceptors (Lipinski definition) is 10. The van der Waals surface area contributed by atoms with E-state index in [4.69, 9.17) is 30.9 Å². The number of ether oxygens (including phenoxy) is 2. The second-order valence-electron chi connectivity index (χ2n) is 9.40. The first-order valence-corrected chi connectivity index (χ1v) is 16.2. The van der Waals surface area contributed by atoms with Gasteiger partial charge in [-0.25, -0.2) is 4.98 Å². The topological polar surface area (TPSA) is 209 Å². The van der Waals surface area contributed by atoms with Crippen LogP contribution >= 0.6 is 26.6 Å². The molecule has 0 bridgehead atoms. The van der Waals surface area contributed by atoms with Gasteiger partial charge in [-0.2, -0.15) is 9.97 Å². The number of nitrogens with zero attached hydrogens (tertiary/aromatic N) is 4. The first-order chi connectivity index (χ1) is 18.8. The SMILES string of the molecule is COc1cccc2cc(Nc3nc(Cl)nc4c3ncn4[C@@H]3O[C@H](CCP(=O)(O)CP(=O)(O)O)[C@H](O)C3O)ccc12. The van der Waals surface area contributed by atoms with Crippen molar-refractivity contribution in [3.05, 3.63) is 48.0 Å². The summed E-state index contributed by atoms with van der Waals surface area (Å²) in [6.45, 7) is 0. The average molecular weight is 614 g/mol. The minimum atomic E-state index is -4.72. The van der Waals surface area contributed by atoms with Gasteiger partial charge in [0.2, 0.25) is 12.7 Å². The van der Waals surface area contributed by atoms with Gasteiger partial charge in [0.25, 0.3) is 0 Å². The molecule has 1 aliphatic heterocycles. The van der Waals surface area contributed by atoms with E-state index in [2.05, 4.69) is 20.3 Å². The summed E-state index contributed by atoms with van der Waals surface area (Å²) in [6.07, 6.45) is -4.63. The van der Waals surface area contributed by atoms with Crippen LogP contribution in [0.1, 0.15) is 12.6 Å². The Morgan fingerprint density at radius 1 is 1.12 bits per heavy atom. The smallest absolute Gasteiger partial charge is 0.335 e. The molecule has 214 valence electrons. The molecule has 0 radical (unpaired) electrons. The van der Waals surface area contributed by atoms with Crippen LogP contribution in [0, 0.1) is 0 Å². The summed E-state index contributed by atoms with van der Waals surface area (Å²) in [6, 6.07) is 11.3. The maximum atomic E-state index is 12.2. The third-order valence-corrected chi connectivity index (χ3v) is 10.9. The van der Waals surface area contributed by atoms with Gasteiger partial charge in [0.05, 0.1) is 19.5 Å². The first kappa shape index (κ1) is 28.9. The van der Waals surface area contributed by atoms with Gasteiger partial charge in [0.1, 0.15) is 23.9 Å². The van der Waals surface area contributed by atoms with Crippen LogP contribution in [-0.4, -0.2) is 81.9 Å². The zero-order valence-corrected chi connectivity index (χ0v) is 23.4. The number of fused-ring (bicyclic) bond motifs is 2. The highest BCUT2D eigenvalue weighted by Gasteiger charge is 2.45. The number of hydrogen-bond donors (Lipinski definition) is 6. The van der Waals surface area contributed by atoms with Crippen LogP contribution in [-0.2, 0) is 13.9 Å². The minimum Gasteiger partial charge on any atom is -0.496 e. The summed E-state index contributed by atoms with van der Waals surface area (Å²) in [7, 11) is -7.33. The monoisotopic (exact) mass is 613 g/mol. The molecule has 5 rings (SSSR count). The van der Waals surface area contributed by atoms with E-state index in [1.165, 1.54) is 10.9 Å². The number of aromatic nitrogens is 4. The van der Waals surface area contributed by atoms with Crippen LogP contribution < -0.4 is 10.1 Å². The molecule has 1 saturated heterocycles. The quantitative estimate of drug-likeness (QED) is 0.119. The van der Waals surface area contributed by atoms with Crippen LogP contribution in [0.25, 0.3) is 21.9 Å². The van der Waals surface area contributed by atoms with Crippen molar-refractivity contribution in [3.8, 4) is 5.75 Å². The van der Waals surface area contributed by atoms with E-state index in [1.807, 2.05) is 36.4 Å². The Morgan fingerprint density at radius 2 is 1.90 bits per heavy atom. The maximum Gasteiger partial charge on any atom is 0.335 e. The summed E-state index contributed by atoms with van der Waals surface area (Å²) < 4.78 is 35.9. The van der Waals surface area contributed by atoms with Gasteiger partial charge in [-0.05, 0) is 47.7 Å². The van der Waals surface area contributed by atoms with Crippen LogP contribution in [0.15, 0.2) is 42.7 Å². The molecule has 6 N–H and O–H groups in total. The van der Waals surface area contributed by atoms with Crippen LogP contribution in [0.2, 0.25) is 5.28 Å². The van der Waals surface area contributed by atoms with Crippen molar-refractivity contribution < 1.29 is 43.5 Å². The highest BCUT2D eigenvalue weighted by Crippen LogP contribution is 2.55. The van der Waals surface area contributed by atoms with Crippen molar-refractivity contribution in [1.82, 2.24) is 19.5 Å². The normalized spacial score (nSPS) is 23.0. The number of methoxy groups -OCH3 is 1. The highest BCUT2D eigenvalue weighted by atomic mass is 35.5. The Kier molecular flexibility index (Phi) is 7.92. The molecule has 3 heterocycles. The number of aliphatic hydroxyl groups is 2. The van der Waals surface area contributed by atoms with Gasteiger partial charge in [-0.1, -0.05) is 12.1 Å². The molecule has 1 fully saturated rings. The van der Waals surface area contributed by atoms with E-state index >= 15 is 0 Å². The van der Waals surface area contributed by atoms with Gasteiger partial charge in [0.15, 0.2) is 23.2 Å². The van der Waals surface area contributed by atoms with E-state index < -0.39 is 51.6 Å². The minimum absolute atomic E-state index is 0.123. The fourth-order valence-corrected chi connectivity index (χ4v) is 8.39. The van der Waals surface area contributed by atoms with E-state index in [1.54, 1.807) is 7.11 Å². The molecule has 17 heteroatoms. The average Bonchev–Trinajstić information content (AvgIpc) is 3.41. The number of anilines is 2. The van der Waals surface area contributed by atoms with E-state index in [0.29, 0.717) is 11.2 Å². The molecule has 2 aromatic carbocycles. The van der Waals surface area contributed by atoms with E-state index in [0.717, 1.165) is 16.5 Å².